The summed E-state index contributed by atoms with van der Waals surface area (Å²) < 4.78 is 6.93. The lowest BCUT2D eigenvalue weighted by atomic mass is 9.51. The van der Waals surface area contributed by atoms with E-state index in [9.17, 15) is 14.4 Å². The average Bonchev–Trinajstić information content (AvgIpc) is 2.99. The van der Waals surface area contributed by atoms with Gasteiger partial charge in [-0.2, -0.15) is 0 Å². The van der Waals surface area contributed by atoms with Crippen molar-refractivity contribution >= 4 is 34.4 Å². The molecule has 3 aromatic carbocycles. The number of fused-ring (bicyclic) bond motifs is 1. The Hall–Kier alpha value is -3.94. The molecule has 1 amide bonds. The van der Waals surface area contributed by atoms with Gasteiger partial charge in [-0.05, 0) is 97.9 Å². The van der Waals surface area contributed by atoms with Crippen molar-refractivity contribution in [2.45, 2.75) is 50.1 Å². The minimum absolute atomic E-state index is 0.0451. The summed E-state index contributed by atoms with van der Waals surface area (Å²) in [6, 6.07) is 21.8. The molecule has 4 aliphatic rings. The highest BCUT2D eigenvalue weighted by molar-refractivity contribution is 6.31. The third-order valence-corrected chi connectivity index (χ3v) is 10.1. The summed E-state index contributed by atoms with van der Waals surface area (Å²) in [4.78, 5) is 40.5. The van der Waals surface area contributed by atoms with Crippen molar-refractivity contribution in [3.63, 3.8) is 0 Å². The lowest BCUT2D eigenvalue weighted by Gasteiger charge is -2.58. The van der Waals surface area contributed by atoms with Crippen molar-refractivity contribution in [3.05, 3.63) is 110 Å². The van der Waals surface area contributed by atoms with Crippen LogP contribution >= 0.6 is 11.6 Å². The second kappa shape index (κ2) is 10.6. The smallest absolute Gasteiger partial charge is 0.355 e. The van der Waals surface area contributed by atoms with E-state index in [0.29, 0.717) is 50.5 Å². The molecule has 0 radical (unpaired) electrons. The maximum Gasteiger partial charge on any atom is 0.355 e. The first-order chi connectivity index (χ1) is 20.7. The zero-order chi connectivity index (χ0) is 29.9. The van der Waals surface area contributed by atoms with E-state index in [1.165, 1.54) is 7.11 Å². The van der Waals surface area contributed by atoms with Gasteiger partial charge in [-0.3, -0.25) is 9.59 Å². The summed E-state index contributed by atoms with van der Waals surface area (Å²) in [5, 5.41) is 4.23. The van der Waals surface area contributed by atoms with Crippen molar-refractivity contribution in [3.8, 4) is 5.69 Å². The molecule has 1 aromatic heterocycles. The number of nitrogens with two attached hydrogens (primary N) is 1. The zero-order valence-electron chi connectivity index (χ0n) is 24.0. The molecule has 43 heavy (non-hydrogen) atoms. The minimum atomic E-state index is -0.622. The first kappa shape index (κ1) is 27.9. The third kappa shape index (κ3) is 4.94. The minimum Gasteiger partial charge on any atom is -0.464 e. The number of esters is 1. The number of ether oxygens (including phenoxy) is 1. The second-order valence-corrected chi connectivity index (χ2v) is 13.1. The predicted octanol–water partition coefficient (Wildman–Crippen LogP) is 5.66. The number of pyridine rings is 1. The van der Waals surface area contributed by atoms with Gasteiger partial charge in [0.1, 0.15) is 5.69 Å². The number of nitrogens with zero attached hydrogens (tertiary/aromatic N) is 1. The van der Waals surface area contributed by atoms with Gasteiger partial charge >= 0.3 is 5.97 Å². The van der Waals surface area contributed by atoms with E-state index in [0.717, 1.165) is 37.7 Å². The number of rotatable bonds is 6. The summed E-state index contributed by atoms with van der Waals surface area (Å²) in [6.07, 6.45) is 5.60. The molecule has 2 atom stereocenters. The van der Waals surface area contributed by atoms with E-state index in [1.54, 1.807) is 34.9 Å². The Bertz CT molecular complexity index is 1780. The zero-order valence-corrected chi connectivity index (χ0v) is 24.8. The Morgan fingerprint density at radius 2 is 1.70 bits per heavy atom. The van der Waals surface area contributed by atoms with Gasteiger partial charge in [0, 0.05) is 45.2 Å². The highest BCUT2D eigenvalue weighted by Gasteiger charge is 2.54. The third-order valence-electron chi connectivity index (χ3n) is 9.84. The van der Waals surface area contributed by atoms with Gasteiger partial charge in [0.15, 0.2) is 5.43 Å². The van der Waals surface area contributed by atoms with Gasteiger partial charge in [0.2, 0.25) is 0 Å². The predicted molar refractivity (Wildman–Crippen MR) is 167 cm³/mol. The highest BCUT2D eigenvalue weighted by atomic mass is 35.5. The molecule has 8 heteroatoms. The van der Waals surface area contributed by atoms with Crippen LogP contribution in [-0.2, 0) is 11.2 Å². The van der Waals surface area contributed by atoms with Crippen molar-refractivity contribution in [2.75, 3.05) is 7.11 Å². The van der Waals surface area contributed by atoms with Crippen LogP contribution in [0.2, 0.25) is 5.02 Å². The molecule has 8 rings (SSSR count). The lowest BCUT2D eigenvalue weighted by molar-refractivity contribution is -0.0278. The van der Waals surface area contributed by atoms with Gasteiger partial charge in [-0.1, -0.05) is 41.9 Å². The molecule has 4 fully saturated rings. The number of amides is 1. The summed E-state index contributed by atoms with van der Waals surface area (Å²) in [6.45, 7) is 0. The molecule has 4 bridgehead atoms. The molecule has 1 heterocycles. The number of hydrogen-bond donors (Lipinski definition) is 2. The van der Waals surface area contributed by atoms with Crippen molar-refractivity contribution in [1.82, 2.24) is 9.88 Å². The molecule has 7 nitrogen and oxygen atoms in total. The van der Waals surface area contributed by atoms with Gasteiger partial charge in [-0.15, -0.1) is 0 Å². The fourth-order valence-corrected chi connectivity index (χ4v) is 8.43. The number of methoxy groups -OCH3 is 1. The molecule has 4 aliphatic carbocycles. The first-order valence-electron chi connectivity index (χ1n) is 14.9. The summed E-state index contributed by atoms with van der Waals surface area (Å²) in [5.74, 6) is 0.892. The Kier molecular flexibility index (Phi) is 6.90. The van der Waals surface area contributed by atoms with E-state index in [4.69, 9.17) is 22.1 Å². The first-order valence-corrected chi connectivity index (χ1v) is 15.3. The maximum absolute atomic E-state index is 13.9. The SMILES string of the molecule is COC(=O)c1c(Cc2ccc(C(=O)NC3C4CC5CC3CC(N)(C5)C4)cc2)c(=O)c2ccc(Cl)cc2n1-c1ccccc1. The molecule has 0 aliphatic heterocycles. The van der Waals surface area contributed by atoms with Crippen LogP contribution in [0, 0.1) is 17.8 Å². The highest BCUT2D eigenvalue weighted by Crippen LogP contribution is 2.54. The Balaban J connectivity index is 1.21. The molecule has 4 aromatic rings. The van der Waals surface area contributed by atoms with Crippen LogP contribution in [0.5, 0.6) is 0 Å². The molecular formula is C35H34ClN3O4. The van der Waals surface area contributed by atoms with E-state index in [-0.39, 0.29) is 35.0 Å². The number of carbonyl (C=O) groups is 2. The summed E-state index contributed by atoms with van der Waals surface area (Å²) in [7, 11) is 1.30. The van der Waals surface area contributed by atoms with Gasteiger partial charge in [-0.25, -0.2) is 4.79 Å². The van der Waals surface area contributed by atoms with E-state index >= 15 is 0 Å². The van der Waals surface area contributed by atoms with E-state index in [1.807, 2.05) is 42.5 Å². The van der Waals surface area contributed by atoms with Crippen LogP contribution in [0.4, 0.5) is 0 Å². The van der Waals surface area contributed by atoms with Gasteiger partial charge in [0.25, 0.3) is 5.91 Å². The quantitative estimate of drug-likeness (QED) is 0.280. The normalized spacial score (nSPS) is 25.6. The van der Waals surface area contributed by atoms with Crippen LogP contribution in [-0.4, -0.2) is 35.1 Å². The van der Waals surface area contributed by atoms with Crippen LogP contribution in [0.15, 0.2) is 77.6 Å². The Morgan fingerprint density at radius 3 is 2.35 bits per heavy atom. The average molecular weight is 596 g/mol. The number of para-hydroxylation sites is 1. The molecule has 220 valence electrons. The van der Waals surface area contributed by atoms with Gasteiger partial charge in [0.05, 0.1) is 12.6 Å². The monoisotopic (exact) mass is 595 g/mol. The summed E-state index contributed by atoms with van der Waals surface area (Å²) >= 11 is 6.34. The molecule has 4 saturated carbocycles. The number of nitrogens with one attached hydrogen (secondary N) is 1. The number of carbonyl (C=O) groups excluding carboxylic acids is 2. The van der Waals surface area contributed by atoms with E-state index < -0.39 is 5.97 Å². The van der Waals surface area contributed by atoms with Crippen molar-refractivity contribution < 1.29 is 14.3 Å². The topological polar surface area (TPSA) is 103 Å². The number of hydrogen-bond acceptors (Lipinski definition) is 5. The molecule has 3 N–H and O–H groups in total. The second-order valence-electron chi connectivity index (χ2n) is 12.7. The van der Waals surface area contributed by atoms with Crippen LogP contribution in [0.1, 0.15) is 64.1 Å². The van der Waals surface area contributed by atoms with Crippen LogP contribution < -0.4 is 16.5 Å². The number of benzene rings is 3. The van der Waals surface area contributed by atoms with E-state index in [2.05, 4.69) is 5.32 Å². The fourth-order valence-electron chi connectivity index (χ4n) is 8.26. The Labute approximate surface area is 255 Å². The molecule has 0 saturated heterocycles. The van der Waals surface area contributed by atoms with Crippen molar-refractivity contribution in [2.24, 2.45) is 23.5 Å². The number of halogens is 1. The Morgan fingerprint density at radius 1 is 1.00 bits per heavy atom. The van der Waals surface area contributed by atoms with Gasteiger partial charge < -0.3 is 20.4 Å². The molecule has 0 spiro atoms. The molecular weight excluding hydrogens is 562 g/mol. The lowest BCUT2D eigenvalue weighted by Crippen LogP contribution is -2.64. The maximum atomic E-state index is 13.9. The van der Waals surface area contributed by atoms with Crippen LogP contribution in [0.3, 0.4) is 0 Å². The van der Waals surface area contributed by atoms with Crippen LogP contribution in [0.25, 0.3) is 16.6 Å². The summed E-state index contributed by atoms with van der Waals surface area (Å²) in [5.41, 5.74) is 9.40. The number of aromatic nitrogens is 1. The largest absolute Gasteiger partial charge is 0.464 e. The molecule has 2 unspecified atom stereocenters. The van der Waals surface area contributed by atoms with Crippen molar-refractivity contribution in [1.29, 1.82) is 0 Å². The standard InChI is InChI=1S/C35H34ClN3O4/c1-43-34(42)31-28(32(40)27-12-11-25(36)16-29(27)39(31)26-5-3-2-4-6-26)15-20-7-9-22(10-8-20)33(41)38-30-23-13-21-14-24(30)19-35(37,17-21)18-23/h2-12,16,21,23-24,30H,13-15,17-19,37H2,1H3,(H,38,41). The fraction of sp³-hybridized carbons (Fsp3) is 0.343.